The van der Waals surface area contributed by atoms with Crippen molar-refractivity contribution in [2.75, 3.05) is 6.61 Å². The van der Waals surface area contributed by atoms with Crippen LogP contribution in [0.2, 0.25) is 0 Å². The van der Waals surface area contributed by atoms with Gasteiger partial charge in [0.15, 0.2) is 5.78 Å². The molecule has 3 aliphatic rings. The molecule has 2 heterocycles. The van der Waals surface area contributed by atoms with Crippen LogP contribution in [0.4, 0.5) is 0 Å². The third-order valence-electron chi connectivity index (χ3n) is 5.42. The third kappa shape index (κ3) is 2.20. The third-order valence-corrected chi connectivity index (χ3v) is 5.42. The first kappa shape index (κ1) is 16.4. The predicted molar refractivity (Wildman–Crippen MR) is 80.4 cm³/mol. The number of esters is 1. The molecule has 1 spiro atoms. The lowest BCUT2D eigenvalue weighted by Crippen LogP contribution is -2.56. The first-order chi connectivity index (χ1) is 10.8. The molecule has 0 aromatic carbocycles. The topological polar surface area (TPSA) is 93.1 Å². The van der Waals surface area contributed by atoms with Crippen LogP contribution < -0.4 is 0 Å². The normalized spacial score (nSPS) is 42.5. The van der Waals surface area contributed by atoms with Crippen molar-refractivity contribution in [2.45, 2.75) is 57.0 Å². The molecule has 2 aliphatic heterocycles. The number of hydrogen-bond donors (Lipinski definition) is 2. The van der Waals surface area contributed by atoms with Gasteiger partial charge in [-0.2, -0.15) is 0 Å². The van der Waals surface area contributed by atoms with Gasteiger partial charge >= 0.3 is 5.97 Å². The summed E-state index contributed by atoms with van der Waals surface area (Å²) in [4.78, 5) is 24.6. The van der Waals surface area contributed by atoms with Crippen LogP contribution in [0.15, 0.2) is 23.3 Å². The lowest BCUT2D eigenvalue weighted by atomic mass is 9.78. The van der Waals surface area contributed by atoms with Crippen molar-refractivity contribution in [3.8, 4) is 0 Å². The van der Waals surface area contributed by atoms with E-state index in [2.05, 4.69) is 0 Å². The van der Waals surface area contributed by atoms with Crippen molar-refractivity contribution in [2.24, 2.45) is 5.92 Å². The molecule has 0 saturated carbocycles. The SMILES string of the molecule is C/C=C(/C)C(=O)O[C@@H]1C[C@]2(C)O[C@]3(CC2=O)C(CO)=C[C@@H](O)[C@H]13. The Morgan fingerprint density at radius 3 is 2.87 bits per heavy atom. The number of hydrogen-bond acceptors (Lipinski definition) is 6. The fourth-order valence-corrected chi connectivity index (χ4v) is 4.06. The first-order valence-corrected chi connectivity index (χ1v) is 7.85. The summed E-state index contributed by atoms with van der Waals surface area (Å²) in [5.41, 5.74) is -1.15. The van der Waals surface area contributed by atoms with Crippen molar-refractivity contribution >= 4 is 11.8 Å². The van der Waals surface area contributed by atoms with Crippen LogP contribution in [-0.4, -0.2) is 52.0 Å². The van der Waals surface area contributed by atoms with Gasteiger partial charge in [-0.3, -0.25) is 4.79 Å². The number of ketones is 1. The number of ether oxygens (including phenoxy) is 2. The summed E-state index contributed by atoms with van der Waals surface area (Å²) in [6.45, 7) is 4.78. The molecule has 126 valence electrons. The standard InChI is InChI=1S/C17H22O6/c1-4-9(2)15(21)22-12-6-16(3)13(20)7-17(23-16)10(8-18)5-11(19)14(12)17/h4-5,11-12,14,18-19H,6-8H2,1-3H3/b9-4-/t11-,12-,14-,16+,17-/m1/s1. The average molecular weight is 322 g/mol. The molecule has 23 heavy (non-hydrogen) atoms. The Balaban J connectivity index is 1.98. The number of aliphatic hydroxyl groups is 2. The minimum atomic E-state index is -1.06. The summed E-state index contributed by atoms with van der Waals surface area (Å²) >= 11 is 0. The Kier molecular flexibility index (Phi) is 3.74. The summed E-state index contributed by atoms with van der Waals surface area (Å²) in [5, 5.41) is 20.0. The summed E-state index contributed by atoms with van der Waals surface area (Å²) in [5.74, 6) is -1.12. The lowest BCUT2D eigenvalue weighted by Gasteiger charge is -2.45. The second-order valence-electron chi connectivity index (χ2n) is 6.81. The Labute approximate surface area is 134 Å². The van der Waals surface area contributed by atoms with E-state index in [9.17, 15) is 19.8 Å². The summed E-state index contributed by atoms with van der Waals surface area (Å²) in [6.07, 6.45) is 1.92. The van der Waals surface area contributed by atoms with Crippen molar-refractivity contribution < 1.29 is 29.3 Å². The fraction of sp³-hybridized carbons (Fsp3) is 0.647. The van der Waals surface area contributed by atoms with E-state index in [1.165, 1.54) is 6.08 Å². The summed E-state index contributed by atoms with van der Waals surface area (Å²) in [6, 6.07) is 0. The molecule has 0 unspecified atom stereocenters. The molecule has 0 aromatic rings. The smallest absolute Gasteiger partial charge is 0.333 e. The molecule has 2 saturated heterocycles. The van der Waals surface area contributed by atoms with Crippen LogP contribution in [0.5, 0.6) is 0 Å². The van der Waals surface area contributed by atoms with Gasteiger partial charge in [-0.05, 0) is 26.3 Å². The first-order valence-electron chi connectivity index (χ1n) is 7.85. The highest BCUT2D eigenvalue weighted by Crippen LogP contribution is 2.57. The number of carbonyl (C=O) groups excluding carboxylic acids is 2. The van der Waals surface area contributed by atoms with Gasteiger partial charge in [0.2, 0.25) is 0 Å². The molecule has 5 atom stereocenters. The molecule has 2 fully saturated rings. The molecule has 2 N–H and O–H groups in total. The number of Topliss-reactive ketones (excluding diaryl/α,β-unsaturated/α-hetero) is 1. The van der Waals surface area contributed by atoms with Crippen molar-refractivity contribution in [3.05, 3.63) is 23.3 Å². The lowest BCUT2D eigenvalue weighted by molar-refractivity contribution is -0.207. The number of rotatable bonds is 3. The molecule has 1 aliphatic carbocycles. The van der Waals surface area contributed by atoms with Crippen LogP contribution in [0.1, 0.15) is 33.6 Å². The van der Waals surface area contributed by atoms with E-state index < -0.39 is 35.3 Å². The summed E-state index contributed by atoms with van der Waals surface area (Å²) in [7, 11) is 0. The Morgan fingerprint density at radius 1 is 1.57 bits per heavy atom. The monoisotopic (exact) mass is 322 g/mol. The van der Waals surface area contributed by atoms with E-state index in [4.69, 9.17) is 9.47 Å². The van der Waals surface area contributed by atoms with Crippen LogP contribution in [0, 0.1) is 5.92 Å². The zero-order valence-corrected chi connectivity index (χ0v) is 13.5. The number of aliphatic hydroxyl groups excluding tert-OH is 2. The second-order valence-corrected chi connectivity index (χ2v) is 6.81. The molecule has 3 rings (SSSR count). The van der Waals surface area contributed by atoms with Gasteiger partial charge in [0.05, 0.1) is 18.6 Å². The quantitative estimate of drug-likeness (QED) is 0.450. The Hall–Kier alpha value is -1.50. The van der Waals surface area contributed by atoms with E-state index in [1.54, 1.807) is 26.8 Å². The van der Waals surface area contributed by atoms with Crippen molar-refractivity contribution in [1.29, 1.82) is 0 Å². The highest BCUT2D eigenvalue weighted by Gasteiger charge is 2.68. The maximum atomic E-state index is 12.4. The van der Waals surface area contributed by atoms with Gasteiger partial charge in [0.25, 0.3) is 0 Å². The molecule has 0 radical (unpaired) electrons. The molecule has 2 bridgehead atoms. The minimum Gasteiger partial charge on any atom is -0.458 e. The zero-order valence-electron chi connectivity index (χ0n) is 13.5. The number of allylic oxidation sites excluding steroid dienone is 1. The van der Waals surface area contributed by atoms with Gasteiger partial charge in [0.1, 0.15) is 17.3 Å². The van der Waals surface area contributed by atoms with E-state index in [0.29, 0.717) is 11.1 Å². The maximum absolute atomic E-state index is 12.4. The number of fused-ring (bicyclic) bond motifs is 1. The molecule has 0 amide bonds. The van der Waals surface area contributed by atoms with E-state index >= 15 is 0 Å². The van der Waals surface area contributed by atoms with E-state index in [-0.39, 0.29) is 25.2 Å². The average Bonchev–Trinajstić information content (AvgIpc) is 2.88. The molecule has 0 aromatic heterocycles. The van der Waals surface area contributed by atoms with E-state index in [1.807, 2.05) is 0 Å². The summed E-state index contributed by atoms with van der Waals surface area (Å²) < 4.78 is 11.6. The van der Waals surface area contributed by atoms with Gasteiger partial charge in [0, 0.05) is 18.4 Å². The van der Waals surface area contributed by atoms with Gasteiger partial charge < -0.3 is 19.7 Å². The van der Waals surface area contributed by atoms with Gasteiger partial charge in [-0.15, -0.1) is 0 Å². The second kappa shape index (κ2) is 5.26. The largest absolute Gasteiger partial charge is 0.458 e. The predicted octanol–water partition coefficient (Wildman–Crippen LogP) is 0.664. The minimum absolute atomic E-state index is 0.0859. The Morgan fingerprint density at radius 2 is 2.26 bits per heavy atom. The Bertz CT molecular complexity index is 621. The molecule has 6 nitrogen and oxygen atoms in total. The number of carbonyl (C=O) groups is 2. The zero-order chi connectivity index (χ0) is 17.0. The van der Waals surface area contributed by atoms with Crippen LogP contribution >= 0.6 is 0 Å². The molecule has 6 heteroatoms. The van der Waals surface area contributed by atoms with Crippen LogP contribution in [0.3, 0.4) is 0 Å². The highest BCUT2D eigenvalue weighted by molar-refractivity contribution is 5.92. The van der Waals surface area contributed by atoms with Gasteiger partial charge in [-0.25, -0.2) is 4.79 Å². The van der Waals surface area contributed by atoms with Crippen LogP contribution in [0.25, 0.3) is 0 Å². The van der Waals surface area contributed by atoms with E-state index in [0.717, 1.165) is 0 Å². The maximum Gasteiger partial charge on any atom is 0.333 e. The highest BCUT2D eigenvalue weighted by atomic mass is 16.6. The van der Waals surface area contributed by atoms with Crippen molar-refractivity contribution in [3.63, 3.8) is 0 Å². The van der Waals surface area contributed by atoms with Gasteiger partial charge in [-0.1, -0.05) is 12.2 Å². The molecular weight excluding hydrogens is 300 g/mol. The molecular formula is C17H22O6. The van der Waals surface area contributed by atoms with Crippen molar-refractivity contribution in [1.82, 2.24) is 0 Å². The fourth-order valence-electron chi connectivity index (χ4n) is 4.06. The van der Waals surface area contributed by atoms with Crippen LogP contribution in [-0.2, 0) is 19.1 Å².